The lowest BCUT2D eigenvalue weighted by Gasteiger charge is -2.25. The number of nitrogens with zero attached hydrogens (tertiary/aromatic N) is 1. The Balaban J connectivity index is 4.83. The molecule has 0 heterocycles. The van der Waals surface area contributed by atoms with Gasteiger partial charge in [0.1, 0.15) is 12.1 Å². The molecule has 0 saturated carbocycles. The fourth-order valence-electron chi connectivity index (χ4n) is 1.29. The van der Waals surface area contributed by atoms with E-state index in [1.807, 2.05) is 0 Å². The molecule has 3 N–H and O–H groups in total. The van der Waals surface area contributed by atoms with E-state index in [1.54, 1.807) is 6.29 Å². The van der Waals surface area contributed by atoms with Gasteiger partial charge in [0.05, 0.1) is 6.04 Å². The molecule has 0 aromatic carbocycles. The van der Waals surface area contributed by atoms with Crippen LogP contribution in [-0.4, -0.2) is 47.0 Å². The van der Waals surface area contributed by atoms with E-state index in [0.29, 0.717) is 0 Å². The summed E-state index contributed by atoms with van der Waals surface area (Å²) in [4.78, 5) is 45.8. The van der Waals surface area contributed by atoms with Crippen molar-refractivity contribution >= 4 is 24.0 Å². The predicted molar refractivity (Wildman–Crippen MR) is 63.9 cm³/mol. The molecular weight excluding hydrogens is 238 g/mol. The Labute approximate surface area is 106 Å². The average molecular weight is 256 g/mol. The number of imide groups is 1. The molecule has 0 bridgehead atoms. The van der Waals surface area contributed by atoms with Gasteiger partial charge in [-0.3, -0.25) is 24.1 Å². The van der Waals surface area contributed by atoms with Gasteiger partial charge in [-0.15, -0.1) is 0 Å². The van der Waals surface area contributed by atoms with Crippen LogP contribution in [0.1, 0.15) is 27.7 Å². The topological polar surface area (TPSA) is 110 Å². The third-order valence-electron chi connectivity index (χ3n) is 2.28. The Morgan fingerprint density at radius 2 is 1.72 bits per heavy atom. The molecule has 0 fully saturated rings. The smallest absolute Gasteiger partial charge is 0.252 e. The van der Waals surface area contributed by atoms with Crippen LogP contribution in [-0.2, 0) is 19.2 Å². The van der Waals surface area contributed by atoms with Crippen molar-refractivity contribution in [3.63, 3.8) is 0 Å². The van der Waals surface area contributed by atoms with E-state index < -0.39 is 35.8 Å². The summed E-state index contributed by atoms with van der Waals surface area (Å²) in [5.74, 6) is -1.77. The lowest BCUT2D eigenvalue weighted by atomic mass is 10.2. The first-order valence-electron chi connectivity index (χ1n) is 5.49. The fraction of sp³-hybridized carbons (Fsp3) is 0.636. The summed E-state index contributed by atoms with van der Waals surface area (Å²) >= 11 is 0. The van der Waals surface area contributed by atoms with Gasteiger partial charge in [-0.1, -0.05) is 0 Å². The van der Waals surface area contributed by atoms with Gasteiger partial charge < -0.3 is 11.1 Å². The first-order valence-corrected chi connectivity index (χ1v) is 5.49. The number of rotatable bonds is 5. The van der Waals surface area contributed by atoms with Gasteiger partial charge in [0.2, 0.25) is 18.1 Å². The van der Waals surface area contributed by atoms with Gasteiger partial charge in [0.25, 0.3) is 5.91 Å². The zero-order chi connectivity index (χ0) is 14.5. The summed E-state index contributed by atoms with van der Waals surface area (Å²) in [5, 5.41) is 2.36. The Bertz CT molecular complexity index is 354. The lowest BCUT2D eigenvalue weighted by molar-refractivity contribution is -0.147. The van der Waals surface area contributed by atoms with E-state index in [2.05, 4.69) is 5.32 Å². The molecule has 18 heavy (non-hydrogen) atoms. The first-order chi connectivity index (χ1) is 8.22. The third kappa shape index (κ3) is 4.25. The van der Waals surface area contributed by atoms with Gasteiger partial charge in [-0.25, -0.2) is 0 Å². The number of hydrogen-bond acceptors (Lipinski definition) is 5. The molecule has 0 rings (SSSR count). The standard InChI is InChI=1S/C11H18N3O4/c1-6(5-15)14(9(4)16)11(18)8(3)13-10(17)7(2)12/h6-8H,12H2,1-4H3,(H,13,17)/t6-,7-,8-/m0/s1. The van der Waals surface area contributed by atoms with E-state index >= 15 is 0 Å². The summed E-state index contributed by atoms with van der Waals surface area (Å²) in [6.07, 6.45) is 1.56. The molecule has 1 radical (unpaired) electrons. The van der Waals surface area contributed by atoms with Gasteiger partial charge in [0, 0.05) is 6.92 Å². The van der Waals surface area contributed by atoms with Crippen LogP contribution >= 0.6 is 0 Å². The van der Waals surface area contributed by atoms with Crippen LogP contribution in [0.4, 0.5) is 0 Å². The monoisotopic (exact) mass is 256 g/mol. The zero-order valence-corrected chi connectivity index (χ0v) is 10.9. The van der Waals surface area contributed by atoms with Gasteiger partial charge in [-0.2, -0.15) is 0 Å². The number of nitrogens with one attached hydrogen (secondary N) is 1. The highest BCUT2D eigenvalue weighted by molar-refractivity contribution is 6.00. The van der Waals surface area contributed by atoms with Crippen LogP contribution in [0.5, 0.6) is 0 Å². The summed E-state index contributed by atoms with van der Waals surface area (Å²) in [6, 6.07) is -2.70. The molecule has 3 atom stereocenters. The molecule has 101 valence electrons. The third-order valence-corrected chi connectivity index (χ3v) is 2.28. The van der Waals surface area contributed by atoms with Crippen LogP contribution < -0.4 is 11.1 Å². The van der Waals surface area contributed by atoms with Crippen molar-refractivity contribution in [2.45, 2.75) is 45.8 Å². The van der Waals surface area contributed by atoms with Crippen molar-refractivity contribution < 1.29 is 19.2 Å². The maximum Gasteiger partial charge on any atom is 0.252 e. The van der Waals surface area contributed by atoms with Gasteiger partial charge >= 0.3 is 0 Å². The largest absolute Gasteiger partial charge is 0.343 e. The van der Waals surface area contributed by atoms with E-state index in [4.69, 9.17) is 5.73 Å². The Kier molecular flexibility index (Phi) is 6.18. The summed E-state index contributed by atoms with van der Waals surface area (Å²) in [7, 11) is 0. The molecule has 0 aromatic rings. The molecule has 7 heteroatoms. The quantitative estimate of drug-likeness (QED) is 0.636. The van der Waals surface area contributed by atoms with Crippen molar-refractivity contribution in [2.24, 2.45) is 5.73 Å². The molecule has 0 spiro atoms. The van der Waals surface area contributed by atoms with Crippen LogP contribution in [0.2, 0.25) is 0 Å². The van der Waals surface area contributed by atoms with E-state index in [0.717, 1.165) is 11.8 Å². The molecule has 0 aliphatic heterocycles. The fourth-order valence-corrected chi connectivity index (χ4v) is 1.29. The van der Waals surface area contributed by atoms with Crippen LogP contribution in [0.15, 0.2) is 0 Å². The minimum Gasteiger partial charge on any atom is -0.343 e. The second-order valence-corrected chi connectivity index (χ2v) is 4.04. The van der Waals surface area contributed by atoms with Crippen LogP contribution in [0, 0.1) is 0 Å². The van der Waals surface area contributed by atoms with Crippen LogP contribution in [0.25, 0.3) is 0 Å². The molecule has 7 nitrogen and oxygen atoms in total. The maximum atomic E-state index is 11.9. The molecule has 3 amide bonds. The molecule has 0 aromatic heterocycles. The normalized spacial score (nSPS) is 15.2. The SMILES string of the molecule is CC(=O)N(C(=O)[C@H](C)NC(=O)[C@H](C)N)[C@@H](C)[C]=O. The second-order valence-electron chi connectivity index (χ2n) is 4.04. The minimum atomic E-state index is -0.996. The van der Waals surface area contributed by atoms with Crippen molar-refractivity contribution in [1.29, 1.82) is 0 Å². The molecular formula is C11H18N3O4. The van der Waals surface area contributed by atoms with Gasteiger partial charge in [0.15, 0.2) is 0 Å². The second kappa shape index (κ2) is 6.85. The van der Waals surface area contributed by atoms with Crippen molar-refractivity contribution in [1.82, 2.24) is 10.2 Å². The summed E-state index contributed by atoms with van der Waals surface area (Å²) < 4.78 is 0. The van der Waals surface area contributed by atoms with Crippen molar-refractivity contribution in [3.05, 3.63) is 0 Å². The Hall–Kier alpha value is -1.76. The van der Waals surface area contributed by atoms with Gasteiger partial charge in [-0.05, 0) is 20.8 Å². The molecule has 0 aliphatic rings. The number of carbonyl (C=O) groups is 3. The number of hydrogen-bond donors (Lipinski definition) is 2. The first kappa shape index (κ1) is 16.2. The highest BCUT2D eigenvalue weighted by Crippen LogP contribution is 2.02. The molecule has 0 aliphatic carbocycles. The van der Waals surface area contributed by atoms with Crippen molar-refractivity contribution in [2.75, 3.05) is 0 Å². The highest BCUT2D eigenvalue weighted by Gasteiger charge is 2.29. The molecule has 0 saturated heterocycles. The lowest BCUT2D eigenvalue weighted by Crippen LogP contribution is -2.54. The average Bonchev–Trinajstić information content (AvgIpc) is 2.27. The Morgan fingerprint density at radius 1 is 1.22 bits per heavy atom. The van der Waals surface area contributed by atoms with E-state index in [9.17, 15) is 19.2 Å². The number of nitrogens with two attached hydrogens (primary N) is 1. The van der Waals surface area contributed by atoms with Crippen molar-refractivity contribution in [3.8, 4) is 0 Å². The summed E-state index contributed by atoms with van der Waals surface area (Å²) in [5.41, 5.74) is 5.34. The van der Waals surface area contributed by atoms with E-state index in [-0.39, 0.29) is 0 Å². The molecule has 0 unspecified atom stereocenters. The van der Waals surface area contributed by atoms with Crippen LogP contribution in [0.3, 0.4) is 0 Å². The van der Waals surface area contributed by atoms with E-state index in [1.165, 1.54) is 20.8 Å². The predicted octanol–water partition coefficient (Wildman–Crippen LogP) is -1.29. The highest BCUT2D eigenvalue weighted by atomic mass is 16.2. The maximum absolute atomic E-state index is 11.9. The number of carbonyl (C=O) groups excluding carboxylic acids is 4. The summed E-state index contributed by atoms with van der Waals surface area (Å²) in [6.45, 7) is 5.41. The zero-order valence-electron chi connectivity index (χ0n) is 10.9. The Morgan fingerprint density at radius 3 is 2.06 bits per heavy atom. The number of amides is 3. The minimum absolute atomic E-state index is 0.512.